The molecule has 0 amide bonds. The first kappa shape index (κ1) is 11.6. The van der Waals surface area contributed by atoms with E-state index in [9.17, 15) is 4.57 Å². The minimum atomic E-state index is -2.74. The Morgan fingerprint density at radius 1 is 0.750 bits per heavy atom. The maximum Gasteiger partial charge on any atom is 0.172 e. The van der Waals surface area contributed by atoms with Crippen LogP contribution in [0.4, 0.5) is 0 Å². The highest BCUT2D eigenvalue weighted by Gasteiger charge is 2.39. The molecule has 1 aliphatic rings. The highest BCUT2D eigenvalue weighted by molar-refractivity contribution is 7.86. The second kappa shape index (κ2) is 4.16. The Morgan fingerprint density at radius 3 is 2.30 bits per heavy atom. The van der Waals surface area contributed by atoms with Crippen molar-refractivity contribution in [2.75, 3.05) is 0 Å². The fourth-order valence-corrected chi connectivity index (χ4v) is 5.92. The molecule has 0 N–H and O–H groups in total. The lowest BCUT2D eigenvalue weighted by molar-refractivity contribution is 0.593. The number of hydrogen-bond donors (Lipinski definition) is 0. The lowest BCUT2D eigenvalue weighted by Crippen LogP contribution is -2.20. The fraction of sp³-hybridized carbons (Fsp3) is 0. The Kier molecular flexibility index (Phi) is 2.42. The van der Waals surface area contributed by atoms with Gasteiger partial charge in [0.05, 0.1) is 0 Å². The highest BCUT2D eigenvalue weighted by atomic mass is 31.2. The molecule has 3 aromatic rings. The highest BCUT2D eigenvalue weighted by Crippen LogP contribution is 2.51. The standard InChI is InChI=1S/C17H12NOP/c19-20(13-6-2-1-3-7-13)16-9-5-4-8-14(16)15-12-18-11-10-17(15)20/h1-12H. The second-order valence-electron chi connectivity index (χ2n) is 4.85. The zero-order valence-corrected chi connectivity index (χ0v) is 11.6. The van der Waals surface area contributed by atoms with Crippen molar-refractivity contribution in [3.8, 4) is 11.1 Å². The summed E-state index contributed by atoms with van der Waals surface area (Å²) in [6.45, 7) is 0. The third-order valence-corrected chi connectivity index (χ3v) is 6.95. The third kappa shape index (κ3) is 1.40. The Morgan fingerprint density at radius 2 is 1.45 bits per heavy atom. The van der Waals surface area contributed by atoms with Crippen LogP contribution in [0.2, 0.25) is 0 Å². The van der Waals surface area contributed by atoms with Gasteiger partial charge in [-0.25, -0.2) is 0 Å². The lowest BCUT2D eigenvalue weighted by atomic mass is 10.1. The van der Waals surface area contributed by atoms with Crippen LogP contribution in [0.25, 0.3) is 11.1 Å². The van der Waals surface area contributed by atoms with Crippen LogP contribution in [-0.4, -0.2) is 4.98 Å². The average Bonchev–Trinajstić information content (AvgIpc) is 2.80. The summed E-state index contributed by atoms with van der Waals surface area (Å²) in [5.41, 5.74) is 2.04. The van der Waals surface area contributed by atoms with Gasteiger partial charge < -0.3 is 4.57 Å². The van der Waals surface area contributed by atoms with Crippen LogP contribution in [0, 0.1) is 0 Å². The number of aromatic nitrogens is 1. The van der Waals surface area contributed by atoms with E-state index >= 15 is 0 Å². The number of rotatable bonds is 1. The Bertz CT molecular complexity index is 793. The van der Waals surface area contributed by atoms with E-state index in [4.69, 9.17) is 0 Å². The summed E-state index contributed by atoms with van der Waals surface area (Å²) in [5, 5.41) is 2.71. The number of fused-ring (bicyclic) bond motifs is 3. The lowest BCUT2D eigenvalue weighted by Gasteiger charge is -2.15. The Labute approximate surface area is 117 Å². The van der Waals surface area contributed by atoms with Crippen LogP contribution in [0.5, 0.6) is 0 Å². The first-order valence-corrected chi connectivity index (χ1v) is 8.23. The third-order valence-electron chi connectivity index (χ3n) is 3.79. The molecule has 1 atom stereocenters. The van der Waals surface area contributed by atoms with E-state index in [0.29, 0.717) is 0 Å². The summed E-state index contributed by atoms with van der Waals surface area (Å²) in [6, 6.07) is 19.6. The summed E-state index contributed by atoms with van der Waals surface area (Å²) < 4.78 is 13.8. The molecule has 0 radical (unpaired) electrons. The molecular formula is C17H12NOP. The van der Waals surface area contributed by atoms with Crippen LogP contribution in [0.15, 0.2) is 73.1 Å². The molecular weight excluding hydrogens is 265 g/mol. The summed E-state index contributed by atoms with van der Waals surface area (Å²) >= 11 is 0. The van der Waals surface area contributed by atoms with Crippen molar-refractivity contribution in [1.82, 2.24) is 4.98 Å². The van der Waals surface area contributed by atoms with Gasteiger partial charge in [-0.05, 0) is 11.6 Å². The maximum atomic E-state index is 13.8. The van der Waals surface area contributed by atoms with E-state index in [2.05, 4.69) is 4.98 Å². The van der Waals surface area contributed by atoms with Gasteiger partial charge in [0.1, 0.15) is 0 Å². The minimum absolute atomic E-state index is 0.886. The Hall–Kier alpha value is -2.18. The number of nitrogens with zero attached hydrogens (tertiary/aromatic N) is 1. The summed E-state index contributed by atoms with van der Waals surface area (Å²) in [4.78, 5) is 4.19. The van der Waals surface area contributed by atoms with Crippen molar-refractivity contribution < 1.29 is 4.57 Å². The summed E-state index contributed by atoms with van der Waals surface area (Å²) in [5.74, 6) is 0. The first-order chi connectivity index (χ1) is 9.82. The Balaban J connectivity index is 2.13. The zero-order chi connectivity index (χ0) is 13.6. The van der Waals surface area contributed by atoms with Crippen LogP contribution in [-0.2, 0) is 4.57 Å². The van der Waals surface area contributed by atoms with E-state index in [1.165, 1.54) is 0 Å². The molecule has 0 saturated heterocycles. The van der Waals surface area contributed by atoms with Gasteiger partial charge in [-0.1, -0.05) is 54.6 Å². The van der Waals surface area contributed by atoms with E-state index in [1.807, 2.05) is 66.9 Å². The minimum Gasteiger partial charge on any atom is -0.309 e. The largest absolute Gasteiger partial charge is 0.309 e. The summed E-state index contributed by atoms with van der Waals surface area (Å²) in [7, 11) is -2.74. The molecule has 2 heterocycles. The molecule has 1 aliphatic heterocycles. The molecule has 0 fully saturated rings. The molecule has 0 aliphatic carbocycles. The van der Waals surface area contributed by atoms with Crippen molar-refractivity contribution in [2.24, 2.45) is 0 Å². The van der Waals surface area contributed by atoms with E-state index in [0.717, 1.165) is 27.0 Å². The van der Waals surface area contributed by atoms with Gasteiger partial charge in [0.2, 0.25) is 0 Å². The number of hydrogen-bond acceptors (Lipinski definition) is 2. The van der Waals surface area contributed by atoms with E-state index < -0.39 is 7.14 Å². The predicted molar refractivity (Wildman–Crippen MR) is 82.6 cm³/mol. The normalized spacial score (nSPS) is 19.4. The molecule has 4 rings (SSSR count). The number of benzene rings is 2. The second-order valence-corrected chi connectivity index (χ2v) is 7.55. The van der Waals surface area contributed by atoms with Crippen LogP contribution in [0.3, 0.4) is 0 Å². The molecule has 0 bridgehead atoms. The van der Waals surface area contributed by atoms with Crippen LogP contribution < -0.4 is 15.9 Å². The fourth-order valence-electron chi connectivity index (χ4n) is 2.89. The van der Waals surface area contributed by atoms with E-state index in [-0.39, 0.29) is 0 Å². The van der Waals surface area contributed by atoms with Gasteiger partial charge in [-0.15, -0.1) is 0 Å². The zero-order valence-electron chi connectivity index (χ0n) is 10.7. The molecule has 20 heavy (non-hydrogen) atoms. The molecule has 1 unspecified atom stereocenters. The van der Waals surface area contributed by atoms with Crippen molar-refractivity contribution in [3.63, 3.8) is 0 Å². The monoisotopic (exact) mass is 277 g/mol. The average molecular weight is 277 g/mol. The van der Waals surface area contributed by atoms with Crippen molar-refractivity contribution >= 4 is 23.1 Å². The van der Waals surface area contributed by atoms with Gasteiger partial charge in [0.15, 0.2) is 7.14 Å². The topological polar surface area (TPSA) is 30.0 Å². The van der Waals surface area contributed by atoms with E-state index in [1.54, 1.807) is 6.20 Å². The number of pyridine rings is 1. The van der Waals surface area contributed by atoms with Crippen LogP contribution in [0.1, 0.15) is 0 Å². The van der Waals surface area contributed by atoms with Crippen molar-refractivity contribution in [3.05, 3.63) is 73.1 Å². The molecule has 3 heteroatoms. The molecule has 0 saturated carbocycles. The molecule has 1 aromatic heterocycles. The van der Waals surface area contributed by atoms with Gasteiger partial charge in [0.25, 0.3) is 0 Å². The smallest absolute Gasteiger partial charge is 0.172 e. The van der Waals surface area contributed by atoms with Gasteiger partial charge in [-0.3, -0.25) is 4.98 Å². The summed E-state index contributed by atoms with van der Waals surface area (Å²) in [6.07, 6.45) is 3.54. The first-order valence-electron chi connectivity index (χ1n) is 6.52. The van der Waals surface area contributed by atoms with Crippen LogP contribution >= 0.6 is 7.14 Å². The van der Waals surface area contributed by atoms with Crippen molar-refractivity contribution in [1.29, 1.82) is 0 Å². The maximum absolute atomic E-state index is 13.8. The predicted octanol–water partition coefficient (Wildman–Crippen LogP) is 2.70. The molecule has 96 valence electrons. The van der Waals surface area contributed by atoms with Crippen molar-refractivity contribution in [2.45, 2.75) is 0 Å². The van der Waals surface area contributed by atoms with Gasteiger partial charge in [0, 0.05) is 33.9 Å². The quantitative estimate of drug-likeness (QED) is 0.501. The van der Waals surface area contributed by atoms with Gasteiger partial charge >= 0.3 is 0 Å². The molecule has 2 nitrogen and oxygen atoms in total. The molecule has 0 spiro atoms. The van der Waals surface area contributed by atoms with Gasteiger partial charge in [-0.2, -0.15) is 0 Å². The molecule has 2 aromatic carbocycles. The SMILES string of the molecule is O=P1(c2ccccc2)c2ccccc2-c2cnccc21.